The van der Waals surface area contributed by atoms with Gasteiger partial charge in [-0.15, -0.1) is 5.10 Å². The number of aromatic nitrogens is 4. The molecule has 0 saturated heterocycles. The lowest BCUT2D eigenvalue weighted by Gasteiger charge is -2.10. The van der Waals surface area contributed by atoms with E-state index >= 15 is 0 Å². The number of nitrogens with zero attached hydrogens (tertiary/aromatic N) is 4. The van der Waals surface area contributed by atoms with Crippen molar-refractivity contribution in [2.75, 3.05) is 7.11 Å². The molecule has 3 aromatic carbocycles. The molecular weight excluding hydrogens is 495 g/mol. The topological polar surface area (TPSA) is 79.1 Å². The predicted molar refractivity (Wildman–Crippen MR) is 139 cm³/mol. The van der Waals surface area contributed by atoms with Gasteiger partial charge in [0, 0.05) is 22.2 Å². The molecule has 7 nitrogen and oxygen atoms in total. The molecule has 0 aliphatic rings. The summed E-state index contributed by atoms with van der Waals surface area (Å²) in [7, 11) is 1.50. The van der Waals surface area contributed by atoms with Crippen LogP contribution in [0.3, 0.4) is 0 Å². The maximum atomic E-state index is 13.1. The highest BCUT2D eigenvalue weighted by molar-refractivity contribution is 6.31. The Bertz CT molecular complexity index is 1620. The minimum Gasteiger partial charge on any atom is -0.493 e. The van der Waals surface area contributed by atoms with Gasteiger partial charge in [0.15, 0.2) is 17.3 Å². The Morgan fingerprint density at radius 2 is 1.89 bits per heavy atom. The molecule has 0 bridgehead atoms. The fourth-order valence-electron chi connectivity index (χ4n) is 3.72. The summed E-state index contributed by atoms with van der Waals surface area (Å²) in [5.41, 5.74) is 3.32. The first kappa shape index (κ1) is 24.1. The van der Waals surface area contributed by atoms with Crippen molar-refractivity contribution >= 4 is 34.4 Å². The largest absolute Gasteiger partial charge is 0.493 e. The second kappa shape index (κ2) is 10.6. The van der Waals surface area contributed by atoms with Crippen LogP contribution in [0.1, 0.15) is 21.6 Å². The Hall–Kier alpha value is -4.56. The molecule has 9 heteroatoms. The Labute approximate surface area is 216 Å². The van der Waals surface area contributed by atoms with Crippen LogP contribution in [-0.2, 0) is 6.61 Å². The van der Waals surface area contributed by atoms with E-state index in [-0.39, 0.29) is 18.2 Å². The Morgan fingerprint density at radius 1 is 1.05 bits per heavy atom. The highest BCUT2D eigenvalue weighted by Crippen LogP contribution is 2.29. The quantitative estimate of drug-likeness (QED) is 0.184. The fourth-order valence-corrected chi connectivity index (χ4v) is 3.89. The molecule has 0 radical (unpaired) electrons. The van der Waals surface area contributed by atoms with Crippen LogP contribution >= 0.6 is 11.6 Å². The van der Waals surface area contributed by atoms with Gasteiger partial charge in [-0.25, -0.2) is 9.07 Å². The Kier molecular flexibility index (Phi) is 6.91. The van der Waals surface area contributed by atoms with Gasteiger partial charge in [0.1, 0.15) is 18.1 Å². The first-order valence-corrected chi connectivity index (χ1v) is 11.6. The van der Waals surface area contributed by atoms with Gasteiger partial charge in [0.05, 0.1) is 24.5 Å². The van der Waals surface area contributed by atoms with Gasteiger partial charge in [0.2, 0.25) is 0 Å². The van der Waals surface area contributed by atoms with Crippen molar-refractivity contribution in [1.29, 1.82) is 0 Å². The molecule has 0 unspecified atom stereocenters. The van der Waals surface area contributed by atoms with Gasteiger partial charge in [-0.2, -0.15) is 0 Å². The zero-order chi connectivity index (χ0) is 25.8. The number of fused-ring (bicyclic) bond motifs is 1. The summed E-state index contributed by atoms with van der Waals surface area (Å²) in [4.78, 5) is 17.0. The number of methoxy groups -OCH3 is 1. The first-order valence-electron chi connectivity index (χ1n) is 11.2. The van der Waals surface area contributed by atoms with Crippen LogP contribution in [0.5, 0.6) is 11.5 Å². The van der Waals surface area contributed by atoms with Crippen molar-refractivity contribution in [3.05, 3.63) is 113 Å². The van der Waals surface area contributed by atoms with Gasteiger partial charge in [0.25, 0.3) is 0 Å². The predicted octanol–water partition coefficient (Wildman–Crippen LogP) is 6.09. The van der Waals surface area contributed by atoms with E-state index < -0.39 is 0 Å². The van der Waals surface area contributed by atoms with Gasteiger partial charge in [-0.05, 0) is 66.2 Å². The van der Waals surface area contributed by atoms with Crippen LogP contribution in [0.25, 0.3) is 22.7 Å². The molecule has 0 atom stereocenters. The van der Waals surface area contributed by atoms with Crippen molar-refractivity contribution in [2.45, 2.75) is 6.61 Å². The number of ketones is 1. The number of halogens is 2. The lowest BCUT2D eigenvalue weighted by Crippen LogP contribution is -2.01. The van der Waals surface area contributed by atoms with Crippen LogP contribution in [0.2, 0.25) is 5.02 Å². The lowest BCUT2D eigenvalue weighted by molar-refractivity contribution is 0.104. The number of ether oxygens (including phenoxy) is 2. The van der Waals surface area contributed by atoms with Gasteiger partial charge in [-0.3, -0.25) is 9.78 Å². The molecule has 5 rings (SSSR count). The Morgan fingerprint density at radius 3 is 2.70 bits per heavy atom. The minimum atomic E-state index is -0.331. The number of hydrogen-bond donors (Lipinski definition) is 0. The van der Waals surface area contributed by atoms with Crippen molar-refractivity contribution in [2.24, 2.45) is 0 Å². The number of pyridine rings is 1. The van der Waals surface area contributed by atoms with E-state index in [1.807, 2.05) is 12.1 Å². The third-order valence-corrected chi connectivity index (χ3v) is 5.83. The van der Waals surface area contributed by atoms with Gasteiger partial charge in [-0.1, -0.05) is 35.0 Å². The standard InChI is InChI=1S/C28H20ClFN4O3/c1-36-28-14-19(26(35)10-4-18-2-7-21(30)8-3-18)5-11-27(28)37-17-22-16-34(33-32-22)25-12-13-31-24-15-20(29)6-9-23(24)25/h2-16H,17H2,1H3/b10-4+. The van der Waals surface area contributed by atoms with E-state index in [9.17, 15) is 9.18 Å². The Balaban J connectivity index is 1.29. The second-order valence-electron chi connectivity index (χ2n) is 8.05. The summed E-state index contributed by atoms with van der Waals surface area (Å²) in [6.07, 6.45) is 6.52. The second-order valence-corrected chi connectivity index (χ2v) is 8.49. The molecular formula is C28H20ClFN4O3. The third-order valence-electron chi connectivity index (χ3n) is 5.59. The molecule has 2 aromatic heterocycles. The molecule has 0 amide bonds. The van der Waals surface area contributed by atoms with Gasteiger partial charge >= 0.3 is 0 Å². The summed E-state index contributed by atoms with van der Waals surface area (Å²) in [5.74, 6) is 0.316. The summed E-state index contributed by atoms with van der Waals surface area (Å²) in [6, 6.07) is 18.1. The number of carbonyl (C=O) groups excluding carboxylic acids is 1. The first-order chi connectivity index (χ1) is 18.0. The van der Waals surface area contributed by atoms with Crippen molar-refractivity contribution in [3.8, 4) is 17.2 Å². The smallest absolute Gasteiger partial charge is 0.185 e. The SMILES string of the molecule is COc1cc(C(=O)/C=C/c2ccc(F)cc2)ccc1OCc1cn(-c2ccnc3cc(Cl)ccc23)nn1. The van der Waals surface area contributed by atoms with E-state index in [0.29, 0.717) is 27.8 Å². The van der Waals surface area contributed by atoms with Crippen LogP contribution in [0.15, 0.2) is 85.2 Å². The fraction of sp³-hybridized carbons (Fsp3) is 0.0714. The number of rotatable bonds is 8. The highest BCUT2D eigenvalue weighted by Gasteiger charge is 2.12. The number of allylic oxidation sites excluding steroid dienone is 1. The molecule has 0 saturated carbocycles. The molecule has 5 aromatic rings. The molecule has 184 valence electrons. The number of carbonyl (C=O) groups is 1. The van der Waals surface area contributed by atoms with Gasteiger partial charge < -0.3 is 9.47 Å². The van der Waals surface area contributed by atoms with Crippen LogP contribution in [-0.4, -0.2) is 32.9 Å². The summed E-state index contributed by atoms with van der Waals surface area (Å²) >= 11 is 6.08. The maximum absolute atomic E-state index is 13.1. The average molecular weight is 515 g/mol. The molecule has 37 heavy (non-hydrogen) atoms. The molecule has 0 fully saturated rings. The zero-order valence-electron chi connectivity index (χ0n) is 19.6. The third kappa shape index (κ3) is 5.49. The van der Waals surface area contributed by atoms with Crippen molar-refractivity contribution < 1.29 is 18.7 Å². The molecule has 0 spiro atoms. The number of hydrogen-bond acceptors (Lipinski definition) is 6. The zero-order valence-corrected chi connectivity index (χ0v) is 20.4. The highest BCUT2D eigenvalue weighted by atomic mass is 35.5. The van der Waals surface area contributed by atoms with E-state index in [0.717, 1.165) is 22.2 Å². The van der Waals surface area contributed by atoms with E-state index in [1.165, 1.54) is 25.3 Å². The summed E-state index contributed by atoms with van der Waals surface area (Å²) < 4.78 is 26.1. The van der Waals surface area contributed by atoms with Crippen LogP contribution < -0.4 is 9.47 Å². The summed E-state index contributed by atoms with van der Waals surface area (Å²) in [5, 5.41) is 9.92. The van der Waals surface area contributed by atoms with E-state index in [2.05, 4.69) is 15.3 Å². The van der Waals surface area contributed by atoms with Crippen LogP contribution in [0, 0.1) is 5.82 Å². The van der Waals surface area contributed by atoms with Crippen molar-refractivity contribution in [1.82, 2.24) is 20.0 Å². The molecule has 2 heterocycles. The normalized spacial score (nSPS) is 11.2. The number of benzene rings is 3. The molecule has 0 aliphatic heterocycles. The minimum absolute atomic E-state index is 0.142. The monoisotopic (exact) mass is 514 g/mol. The lowest BCUT2D eigenvalue weighted by atomic mass is 10.1. The maximum Gasteiger partial charge on any atom is 0.185 e. The van der Waals surface area contributed by atoms with Crippen molar-refractivity contribution in [3.63, 3.8) is 0 Å². The van der Waals surface area contributed by atoms with E-state index in [1.54, 1.807) is 65.6 Å². The van der Waals surface area contributed by atoms with Crippen LogP contribution in [0.4, 0.5) is 4.39 Å². The van der Waals surface area contributed by atoms with E-state index in [4.69, 9.17) is 21.1 Å². The average Bonchev–Trinajstić information content (AvgIpc) is 3.39. The summed E-state index contributed by atoms with van der Waals surface area (Å²) in [6.45, 7) is 0.142. The molecule has 0 N–H and O–H groups in total. The molecule has 0 aliphatic carbocycles.